The number of Topliss-reactive ketones (excluding diaryl/α,β-unsaturated/α-hetero) is 1. The van der Waals surface area contributed by atoms with Gasteiger partial charge in [-0.2, -0.15) is 0 Å². The Balaban J connectivity index is 2.22. The monoisotopic (exact) mass is 232 g/mol. The Morgan fingerprint density at radius 3 is 2.53 bits per heavy atom. The standard InChI is InChI=1S/C13H16N2O2/c1-9-3-6-14-10(2)12(9)13(17)15-7-4-11(16)5-8-15/h3,6H,4-5,7-8H2,1-2H3. The number of ketones is 1. The van der Waals surface area contributed by atoms with E-state index in [4.69, 9.17) is 0 Å². The molecular weight excluding hydrogens is 216 g/mol. The second-order valence-corrected chi connectivity index (χ2v) is 4.42. The SMILES string of the molecule is Cc1ccnc(C)c1C(=O)N1CCC(=O)CC1. The Labute approximate surface area is 101 Å². The highest BCUT2D eigenvalue weighted by atomic mass is 16.2. The molecule has 1 aromatic rings. The van der Waals surface area contributed by atoms with Gasteiger partial charge < -0.3 is 4.90 Å². The van der Waals surface area contributed by atoms with Crippen LogP contribution in [-0.4, -0.2) is 34.7 Å². The molecule has 0 bridgehead atoms. The highest BCUT2D eigenvalue weighted by Gasteiger charge is 2.24. The minimum Gasteiger partial charge on any atom is -0.338 e. The zero-order chi connectivity index (χ0) is 12.4. The van der Waals surface area contributed by atoms with Crippen molar-refractivity contribution in [2.45, 2.75) is 26.7 Å². The van der Waals surface area contributed by atoms with Crippen LogP contribution in [0.15, 0.2) is 12.3 Å². The van der Waals surface area contributed by atoms with E-state index in [2.05, 4.69) is 4.98 Å². The lowest BCUT2D eigenvalue weighted by atomic mass is 10.0. The highest BCUT2D eigenvalue weighted by molar-refractivity contribution is 5.97. The van der Waals surface area contributed by atoms with Crippen molar-refractivity contribution in [1.29, 1.82) is 0 Å². The van der Waals surface area contributed by atoms with Gasteiger partial charge in [0.05, 0.1) is 11.3 Å². The molecule has 17 heavy (non-hydrogen) atoms. The van der Waals surface area contributed by atoms with Gasteiger partial charge in [-0.3, -0.25) is 14.6 Å². The fourth-order valence-electron chi connectivity index (χ4n) is 2.13. The van der Waals surface area contributed by atoms with Crippen LogP contribution in [0.1, 0.15) is 34.5 Å². The summed E-state index contributed by atoms with van der Waals surface area (Å²) in [4.78, 5) is 29.4. The van der Waals surface area contributed by atoms with Crippen LogP contribution in [0.2, 0.25) is 0 Å². The second-order valence-electron chi connectivity index (χ2n) is 4.42. The lowest BCUT2D eigenvalue weighted by Crippen LogP contribution is -2.39. The highest BCUT2D eigenvalue weighted by Crippen LogP contribution is 2.16. The molecule has 1 aliphatic rings. The number of piperidine rings is 1. The van der Waals surface area contributed by atoms with Crippen molar-refractivity contribution in [2.75, 3.05) is 13.1 Å². The molecule has 1 aromatic heterocycles. The summed E-state index contributed by atoms with van der Waals surface area (Å²) < 4.78 is 0. The average Bonchev–Trinajstić information content (AvgIpc) is 2.29. The molecule has 1 saturated heterocycles. The third-order valence-corrected chi connectivity index (χ3v) is 3.17. The Hall–Kier alpha value is -1.71. The predicted molar refractivity (Wildman–Crippen MR) is 63.9 cm³/mol. The van der Waals surface area contributed by atoms with E-state index in [1.807, 2.05) is 19.9 Å². The summed E-state index contributed by atoms with van der Waals surface area (Å²) in [7, 11) is 0. The first-order chi connectivity index (χ1) is 8.09. The van der Waals surface area contributed by atoms with E-state index in [-0.39, 0.29) is 11.7 Å². The predicted octanol–water partition coefficient (Wildman–Crippen LogP) is 1.50. The summed E-state index contributed by atoms with van der Waals surface area (Å²) in [5.41, 5.74) is 2.38. The number of carbonyl (C=O) groups excluding carboxylic acids is 2. The molecule has 0 atom stereocenters. The van der Waals surface area contributed by atoms with Gasteiger partial charge in [0, 0.05) is 32.1 Å². The molecule has 90 valence electrons. The summed E-state index contributed by atoms with van der Waals surface area (Å²) in [6.07, 6.45) is 2.66. The summed E-state index contributed by atoms with van der Waals surface area (Å²) in [5.74, 6) is 0.245. The van der Waals surface area contributed by atoms with Crippen LogP contribution in [0.5, 0.6) is 0 Å². The van der Waals surface area contributed by atoms with Gasteiger partial charge in [-0.1, -0.05) is 0 Å². The van der Waals surface area contributed by atoms with Gasteiger partial charge in [0.1, 0.15) is 5.78 Å². The molecule has 0 spiro atoms. The summed E-state index contributed by atoms with van der Waals surface area (Å²) in [5, 5.41) is 0. The zero-order valence-corrected chi connectivity index (χ0v) is 10.2. The fraction of sp³-hybridized carbons (Fsp3) is 0.462. The van der Waals surface area contributed by atoms with Crippen molar-refractivity contribution >= 4 is 11.7 Å². The minimum atomic E-state index is 0.000556. The normalized spacial score (nSPS) is 16.1. The van der Waals surface area contributed by atoms with E-state index in [0.29, 0.717) is 31.5 Å². The van der Waals surface area contributed by atoms with Crippen LogP contribution in [0.4, 0.5) is 0 Å². The number of aryl methyl sites for hydroxylation is 2. The molecule has 0 unspecified atom stereocenters. The van der Waals surface area contributed by atoms with E-state index >= 15 is 0 Å². The first-order valence-corrected chi connectivity index (χ1v) is 5.83. The molecule has 1 amide bonds. The van der Waals surface area contributed by atoms with Crippen LogP contribution in [0.3, 0.4) is 0 Å². The van der Waals surface area contributed by atoms with Crippen molar-refractivity contribution in [1.82, 2.24) is 9.88 Å². The number of rotatable bonds is 1. The maximum absolute atomic E-state index is 12.3. The number of hydrogen-bond donors (Lipinski definition) is 0. The van der Waals surface area contributed by atoms with Gasteiger partial charge in [0.2, 0.25) is 0 Å². The molecule has 2 heterocycles. The van der Waals surface area contributed by atoms with Crippen molar-refractivity contribution in [2.24, 2.45) is 0 Å². The summed E-state index contributed by atoms with van der Waals surface area (Å²) in [6.45, 7) is 4.82. The number of carbonyl (C=O) groups is 2. The number of pyridine rings is 1. The molecule has 1 aliphatic heterocycles. The molecule has 0 saturated carbocycles. The van der Waals surface area contributed by atoms with Crippen molar-refractivity contribution in [3.8, 4) is 0 Å². The molecular formula is C13H16N2O2. The van der Waals surface area contributed by atoms with Crippen LogP contribution in [0.25, 0.3) is 0 Å². The molecule has 1 fully saturated rings. The van der Waals surface area contributed by atoms with E-state index in [1.54, 1.807) is 11.1 Å². The average molecular weight is 232 g/mol. The summed E-state index contributed by atoms with van der Waals surface area (Å²) in [6, 6.07) is 1.84. The molecule has 0 N–H and O–H groups in total. The van der Waals surface area contributed by atoms with Crippen LogP contribution in [0, 0.1) is 13.8 Å². The van der Waals surface area contributed by atoms with Crippen molar-refractivity contribution in [3.05, 3.63) is 29.1 Å². The second kappa shape index (κ2) is 4.65. The minimum absolute atomic E-state index is 0.000556. The van der Waals surface area contributed by atoms with Crippen molar-refractivity contribution in [3.63, 3.8) is 0 Å². The molecule has 2 rings (SSSR count). The van der Waals surface area contributed by atoms with Crippen LogP contribution in [-0.2, 0) is 4.79 Å². The van der Waals surface area contributed by atoms with E-state index < -0.39 is 0 Å². The third-order valence-electron chi connectivity index (χ3n) is 3.17. The smallest absolute Gasteiger partial charge is 0.255 e. The summed E-state index contributed by atoms with van der Waals surface area (Å²) >= 11 is 0. The Morgan fingerprint density at radius 1 is 1.29 bits per heavy atom. The Kier molecular flexibility index (Phi) is 3.22. The third kappa shape index (κ3) is 2.35. The molecule has 0 aromatic carbocycles. The molecule has 0 radical (unpaired) electrons. The number of hydrogen-bond acceptors (Lipinski definition) is 3. The topological polar surface area (TPSA) is 50.3 Å². The first-order valence-electron chi connectivity index (χ1n) is 5.83. The van der Waals surface area contributed by atoms with Gasteiger partial charge in [0.25, 0.3) is 5.91 Å². The first kappa shape index (κ1) is 11.8. The van der Waals surface area contributed by atoms with Gasteiger partial charge >= 0.3 is 0 Å². The quantitative estimate of drug-likeness (QED) is 0.737. The maximum Gasteiger partial charge on any atom is 0.255 e. The van der Waals surface area contributed by atoms with E-state index in [1.165, 1.54) is 0 Å². The van der Waals surface area contributed by atoms with Crippen molar-refractivity contribution < 1.29 is 9.59 Å². The van der Waals surface area contributed by atoms with E-state index in [9.17, 15) is 9.59 Å². The van der Waals surface area contributed by atoms with Crippen LogP contribution >= 0.6 is 0 Å². The lowest BCUT2D eigenvalue weighted by Gasteiger charge is -2.27. The maximum atomic E-state index is 12.3. The Morgan fingerprint density at radius 2 is 1.94 bits per heavy atom. The van der Waals surface area contributed by atoms with Gasteiger partial charge in [0.15, 0.2) is 0 Å². The Bertz CT molecular complexity index is 438. The largest absolute Gasteiger partial charge is 0.338 e. The number of amides is 1. The van der Waals surface area contributed by atoms with Gasteiger partial charge in [-0.15, -0.1) is 0 Å². The number of aromatic nitrogens is 1. The molecule has 0 aliphatic carbocycles. The fourth-order valence-corrected chi connectivity index (χ4v) is 2.13. The number of likely N-dealkylation sites (tertiary alicyclic amines) is 1. The molecule has 4 heteroatoms. The lowest BCUT2D eigenvalue weighted by molar-refractivity contribution is -0.120. The zero-order valence-electron chi connectivity index (χ0n) is 10.2. The van der Waals surface area contributed by atoms with Crippen LogP contribution < -0.4 is 0 Å². The molecule has 4 nitrogen and oxygen atoms in total. The number of nitrogens with zero attached hydrogens (tertiary/aromatic N) is 2. The van der Waals surface area contributed by atoms with Gasteiger partial charge in [-0.05, 0) is 25.5 Å². The van der Waals surface area contributed by atoms with E-state index in [0.717, 1.165) is 11.3 Å². The van der Waals surface area contributed by atoms with Gasteiger partial charge in [-0.25, -0.2) is 0 Å².